The number of unbranched alkanes of at least 4 members (excludes halogenated alkanes) is 10. The van der Waals surface area contributed by atoms with Gasteiger partial charge in [-0.1, -0.05) is 65.2 Å². The van der Waals surface area contributed by atoms with Crippen molar-refractivity contribution in [1.29, 1.82) is 0 Å². The van der Waals surface area contributed by atoms with Crippen molar-refractivity contribution < 1.29 is 16.9 Å². The first kappa shape index (κ1) is 25.8. The lowest BCUT2D eigenvalue weighted by atomic mass is 10.1. The van der Waals surface area contributed by atoms with Crippen molar-refractivity contribution in [3.63, 3.8) is 0 Å². The first-order valence-electron chi connectivity index (χ1n) is 9.59. The van der Waals surface area contributed by atoms with Gasteiger partial charge in [0.1, 0.15) is 11.1 Å². The predicted octanol–water partition coefficient (Wildman–Crippen LogP) is 3.55. The van der Waals surface area contributed by atoms with Crippen LogP contribution in [-0.2, 0) is 0 Å². The summed E-state index contributed by atoms with van der Waals surface area (Å²) in [5.41, 5.74) is 0. The Kier molecular flexibility index (Phi) is 21.2. The Morgan fingerprint density at radius 2 is 1.13 bits per heavy atom. The number of rotatable bonds is 16. The molecule has 0 saturated carbocycles. The van der Waals surface area contributed by atoms with Gasteiger partial charge in [-0.3, -0.25) is 0 Å². The Morgan fingerprint density at radius 3 is 1.48 bits per heavy atom. The van der Waals surface area contributed by atoms with Gasteiger partial charge >= 0.3 is 0 Å². The zero-order chi connectivity index (χ0) is 16.5. The highest BCUT2D eigenvalue weighted by atomic mass is 127. The first-order chi connectivity index (χ1) is 10.7. The van der Waals surface area contributed by atoms with Crippen LogP contribution in [0.15, 0.2) is 0 Å². The summed E-state index contributed by atoms with van der Waals surface area (Å²) < 4.78 is 2.32. The van der Waals surface area contributed by atoms with E-state index in [9.17, 15) is 0 Å². The molecule has 1 nitrogen and oxygen atoms in total. The van der Waals surface area contributed by atoms with Crippen molar-refractivity contribution in [1.82, 2.24) is 0 Å². The Morgan fingerprint density at radius 1 is 0.739 bits per heavy atom. The third-order valence-corrected chi connectivity index (χ3v) is 6.10. The van der Waals surface area contributed by atoms with Crippen LogP contribution in [0.3, 0.4) is 0 Å². The second kappa shape index (κ2) is 18.9. The van der Waals surface area contributed by atoms with Gasteiger partial charge in [-0.2, -0.15) is 0 Å². The van der Waals surface area contributed by atoms with Gasteiger partial charge in [0.05, 0.1) is 13.1 Å². The molecule has 0 atom stereocenters. The van der Waals surface area contributed by atoms with Gasteiger partial charge in [-0.15, -0.1) is 6.42 Å². The molecule has 0 aliphatic heterocycles. The Hall–Kier alpha value is 0.540. The fraction of sp³-hybridized carbons (Fsp3) is 0.900. The van der Waals surface area contributed by atoms with Crippen molar-refractivity contribution >= 4 is 22.6 Å². The highest BCUT2D eigenvalue weighted by Gasteiger charge is 2.23. The molecule has 0 aromatic rings. The van der Waals surface area contributed by atoms with Crippen LogP contribution in [0.1, 0.15) is 90.9 Å². The Balaban J connectivity index is 0. The van der Waals surface area contributed by atoms with Crippen LogP contribution >= 0.6 is 22.6 Å². The lowest BCUT2D eigenvalue weighted by Crippen LogP contribution is -3.00. The van der Waals surface area contributed by atoms with Gasteiger partial charge in [0.25, 0.3) is 0 Å². The second-order valence-electron chi connectivity index (χ2n) is 6.81. The summed E-state index contributed by atoms with van der Waals surface area (Å²) in [6.45, 7) is 8.06. The van der Waals surface area contributed by atoms with Crippen LogP contribution in [0.5, 0.6) is 0 Å². The number of nitrogens with zero attached hydrogens (tertiary/aromatic N) is 1. The molecule has 0 fully saturated rings. The quantitative estimate of drug-likeness (QED) is 0.0834. The molecule has 23 heavy (non-hydrogen) atoms. The second-order valence-corrected chi connectivity index (χ2v) is 7.49. The van der Waals surface area contributed by atoms with Crippen LogP contribution in [0.2, 0.25) is 0 Å². The summed E-state index contributed by atoms with van der Waals surface area (Å²) in [4.78, 5) is 0. The fourth-order valence-corrected chi connectivity index (χ4v) is 4.00. The highest BCUT2D eigenvalue weighted by Crippen LogP contribution is 2.17. The van der Waals surface area contributed by atoms with E-state index < -0.39 is 0 Å². The van der Waals surface area contributed by atoms with Crippen LogP contribution < -0.4 is 12.4 Å². The molecule has 0 rings (SSSR count). The number of terminal acetylenes is 1. The van der Waals surface area contributed by atoms with E-state index in [4.69, 9.17) is 6.42 Å². The van der Waals surface area contributed by atoms with Crippen LogP contribution in [0, 0.1) is 12.3 Å². The van der Waals surface area contributed by atoms with E-state index in [0.29, 0.717) is 0 Å². The van der Waals surface area contributed by atoms with Crippen LogP contribution in [0.4, 0.5) is 0 Å². The largest absolute Gasteiger partial charge is 1.00 e. The molecule has 3 heteroatoms. The molecule has 0 N–H and O–H groups in total. The van der Waals surface area contributed by atoms with Gasteiger partial charge in [-0.25, -0.2) is 0 Å². The monoisotopic (exact) mass is 455 g/mol. The molecule has 0 heterocycles. The lowest BCUT2D eigenvalue weighted by Gasteiger charge is -2.35. The molecule has 0 bridgehead atoms. The number of quaternary nitrogens is 1. The fourth-order valence-electron chi connectivity index (χ4n) is 3.08. The minimum Gasteiger partial charge on any atom is -1.00 e. The van der Waals surface area contributed by atoms with Gasteiger partial charge in [0.2, 0.25) is 0 Å². The van der Waals surface area contributed by atoms with Crippen molar-refractivity contribution in [3.05, 3.63) is 0 Å². The van der Waals surface area contributed by atoms with Crippen molar-refractivity contribution in [3.8, 4) is 12.3 Å². The summed E-state index contributed by atoms with van der Waals surface area (Å²) in [5, 5.41) is 0. The average molecular weight is 456 g/mol. The number of alkyl halides is 1. The van der Waals surface area contributed by atoms with E-state index in [0.717, 1.165) is 11.0 Å². The molecule has 0 saturated heterocycles. The van der Waals surface area contributed by atoms with Crippen molar-refractivity contribution in [2.75, 3.05) is 24.2 Å². The van der Waals surface area contributed by atoms with E-state index in [-0.39, 0.29) is 12.4 Å². The molecule has 138 valence electrons. The average Bonchev–Trinajstić information content (AvgIpc) is 2.54. The summed E-state index contributed by atoms with van der Waals surface area (Å²) in [5.74, 6) is 2.95. The number of halogens is 2. The molecule has 0 aromatic heterocycles. The molecule has 0 aliphatic carbocycles. The molecular weight excluding hydrogens is 417 g/mol. The maximum absolute atomic E-state index is 5.66. The zero-order valence-corrected chi connectivity index (χ0v) is 18.5. The Bertz CT molecular complexity index is 259. The van der Waals surface area contributed by atoms with Gasteiger partial charge in [0.15, 0.2) is 0 Å². The molecule has 0 aliphatic rings. The normalized spacial score (nSPS) is 11.0. The third-order valence-electron chi connectivity index (χ3n) is 4.65. The standard InChI is InChI=1S/C20H39IN.ClH/c1-4-7-9-11-13-15-18-22(20-21,17-6-3)19-16-14-12-10-8-5-2;/h3H,4-5,7-20H2,1-2H3;1H/q+1;/p-1. The third kappa shape index (κ3) is 14.6. The molecule has 0 radical (unpaired) electrons. The van der Waals surface area contributed by atoms with Gasteiger partial charge in [-0.05, 0) is 54.2 Å². The summed E-state index contributed by atoms with van der Waals surface area (Å²) in [6.07, 6.45) is 22.2. The van der Waals surface area contributed by atoms with E-state index in [1.807, 2.05) is 0 Å². The topological polar surface area (TPSA) is 0 Å². The van der Waals surface area contributed by atoms with Crippen LogP contribution in [0.25, 0.3) is 0 Å². The Labute approximate surface area is 166 Å². The lowest BCUT2D eigenvalue weighted by molar-refractivity contribution is -0.906. The van der Waals surface area contributed by atoms with Crippen molar-refractivity contribution in [2.24, 2.45) is 0 Å². The molecule has 0 aromatic carbocycles. The van der Waals surface area contributed by atoms with E-state index >= 15 is 0 Å². The molecule has 0 spiro atoms. The summed E-state index contributed by atoms with van der Waals surface area (Å²) in [7, 11) is 0. The maximum Gasteiger partial charge on any atom is 0.141 e. The first-order valence-corrected chi connectivity index (χ1v) is 11.1. The summed E-state index contributed by atoms with van der Waals surface area (Å²) in [6, 6.07) is 0. The highest BCUT2D eigenvalue weighted by molar-refractivity contribution is 14.1. The number of hydrogen-bond donors (Lipinski definition) is 0. The minimum absolute atomic E-state index is 0. The minimum atomic E-state index is 0. The molecule has 0 unspecified atom stereocenters. The van der Waals surface area contributed by atoms with Crippen molar-refractivity contribution in [2.45, 2.75) is 90.9 Å². The zero-order valence-electron chi connectivity index (χ0n) is 15.6. The van der Waals surface area contributed by atoms with Gasteiger partial charge < -0.3 is 16.9 Å². The van der Waals surface area contributed by atoms with Crippen LogP contribution in [-0.4, -0.2) is 28.7 Å². The van der Waals surface area contributed by atoms with Gasteiger partial charge in [0, 0.05) is 0 Å². The van der Waals surface area contributed by atoms with E-state index in [1.165, 1.54) is 94.7 Å². The molecule has 0 amide bonds. The van der Waals surface area contributed by atoms with E-state index in [1.54, 1.807) is 0 Å². The maximum atomic E-state index is 5.66. The summed E-state index contributed by atoms with van der Waals surface area (Å²) >= 11 is 2.55. The smallest absolute Gasteiger partial charge is 0.141 e. The SMILES string of the molecule is C#CC[N+](CI)(CCCCCCCC)CCCCCCCC.[Cl-]. The molecular formula is C20H39ClIN. The predicted molar refractivity (Wildman–Crippen MR) is 109 cm³/mol. The van der Waals surface area contributed by atoms with E-state index in [2.05, 4.69) is 42.4 Å². The number of hydrogen-bond acceptors (Lipinski definition) is 0.